The third kappa shape index (κ3) is 38.3. The predicted molar refractivity (Wildman–Crippen MR) is 374 cm³/mol. The Morgan fingerprint density at radius 1 is 0.367 bits per heavy atom. The molecule has 0 radical (unpaired) electrons. The summed E-state index contributed by atoms with van der Waals surface area (Å²) < 4.78 is 40.2. The predicted octanol–water partition coefficient (Wildman–Crippen LogP) is 13.0. The van der Waals surface area contributed by atoms with Crippen molar-refractivity contribution in [3.05, 3.63) is 147 Å². The standard InChI is InChI=1S/C15H20O5.C13H14Cl2O3.C13H20N4O3.C13H16O5.C10H10O5.C5H11Cl.ClH/c1-10(2)5-6-20-13-8-11(14(16)18-3)7-12(9-13)15(17)19-4;1-8(2)3-4-18-11-6-9(12(14)16)5-10(7-11)13(15)17;1-8(2)3-4-20-11-6-9(12(18)16-14)5-10(7-11)13(19)17-15;1-8(2)3-4-18-11-6-9(12(14)15)5-10(7-11)13(16)17;1-14-9(12)6-3-7(10(13)15-2)5-8(11)4-6;1-5(2)3-4-6;/h7-10H,5-6H2,1-4H3;5-8H,3-4H2,1-2H3;5-8H,3-4,14-15H2,1-2H3,(H,16,18)(H,17,19);5-8H,3-4H2,1-2H3,(H,14,15)(H,16,17);3-5,11H,1-2H3;5H,3-4H2,1-2H3;1H. The summed E-state index contributed by atoms with van der Waals surface area (Å²) in [6.07, 6.45) is 4.59. The van der Waals surface area contributed by atoms with E-state index in [1.807, 2.05) is 24.7 Å². The number of alkyl halides is 1. The van der Waals surface area contributed by atoms with Crippen LogP contribution in [0.4, 0.5) is 0 Å². The van der Waals surface area contributed by atoms with Gasteiger partial charge in [-0.1, -0.05) is 69.2 Å². The quantitative estimate of drug-likeness (QED) is 0.00465. The molecule has 25 nitrogen and oxygen atoms in total. The zero-order chi connectivity index (χ0) is 74.1. The van der Waals surface area contributed by atoms with Crippen LogP contribution in [-0.4, -0.2) is 134 Å². The average molecular weight is 1460 g/mol. The van der Waals surface area contributed by atoms with Crippen molar-refractivity contribution >= 4 is 105 Å². The Bertz CT molecular complexity index is 3040. The van der Waals surface area contributed by atoms with Crippen LogP contribution in [0.25, 0.3) is 0 Å². The summed E-state index contributed by atoms with van der Waals surface area (Å²) in [6, 6.07) is 20.8. The number of nitrogens with one attached hydrogen (secondary N) is 2. The number of rotatable bonds is 28. The molecule has 0 atom stereocenters. The van der Waals surface area contributed by atoms with E-state index < -0.39 is 58.1 Å². The Kier molecular flexibility index (Phi) is 46.4. The molecule has 5 aromatic rings. The first-order chi connectivity index (χ1) is 45.6. The van der Waals surface area contributed by atoms with Gasteiger partial charge in [0.1, 0.15) is 28.7 Å². The molecule has 0 aromatic heterocycles. The highest BCUT2D eigenvalue weighted by molar-refractivity contribution is 6.69. The number of amides is 2. The number of carboxylic acid groups (broad SMARTS) is 2. The molecule has 0 aliphatic carbocycles. The lowest BCUT2D eigenvalue weighted by atomic mass is 10.1. The Balaban J connectivity index is 0. The number of hydrazine groups is 2. The first-order valence-corrected chi connectivity index (χ1v) is 31.6. The van der Waals surface area contributed by atoms with Gasteiger partial charge in [-0.25, -0.2) is 40.5 Å². The number of benzene rings is 5. The van der Waals surface area contributed by atoms with E-state index in [2.05, 4.69) is 74.3 Å². The molecule has 542 valence electrons. The van der Waals surface area contributed by atoms with Gasteiger partial charge in [-0.3, -0.25) is 30.0 Å². The molecule has 5 aromatic carbocycles. The van der Waals surface area contributed by atoms with Crippen LogP contribution in [0.2, 0.25) is 0 Å². The number of carbonyl (C=O) groups excluding carboxylic acids is 8. The van der Waals surface area contributed by atoms with Gasteiger partial charge in [-0.2, -0.15) is 0 Å². The summed E-state index contributed by atoms with van der Waals surface area (Å²) in [5, 5.41) is 25.7. The molecule has 0 aliphatic rings. The normalized spacial score (nSPS) is 10.1. The summed E-state index contributed by atoms with van der Waals surface area (Å²) in [5.41, 5.74) is 5.40. The van der Waals surface area contributed by atoms with Crippen molar-refractivity contribution in [2.24, 2.45) is 41.3 Å². The number of esters is 4. The first kappa shape index (κ1) is 91.3. The molecule has 0 aliphatic heterocycles. The third-order valence-electron chi connectivity index (χ3n) is 12.5. The minimum Gasteiger partial charge on any atom is -0.508 e. The minimum atomic E-state index is -1.17. The van der Waals surface area contributed by atoms with Gasteiger partial charge in [0.05, 0.1) is 88.2 Å². The van der Waals surface area contributed by atoms with Gasteiger partial charge >= 0.3 is 35.8 Å². The molecule has 5 rings (SSSR count). The molecule has 0 saturated heterocycles. The van der Waals surface area contributed by atoms with Gasteiger partial charge in [-0.15, -0.1) is 24.0 Å². The molecule has 0 bridgehead atoms. The molecule has 29 heteroatoms. The lowest BCUT2D eigenvalue weighted by Crippen LogP contribution is -2.32. The lowest BCUT2D eigenvalue weighted by molar-refractivity contribution is 0.0581. The van der Waals surface area contributed by atoms with E-state index in [-0.39, 0.29) is 79.5 Å². The largest absolute Gasteiger partial charge is 0.508 e. The molecule has 0 spiro atoms. The highest BCUT2D eigenvalue weighted by atomic mass is 35.5. The summed E-state index contributed by atoms with van der Waals surface area (Å²) >= 11 is 16.2. The highest BCUT2D eigenvalue weighted by Crippen LogP contribution is 2.24. The number of hydrogen-bond acceptors (Lipinski definition) is 21. The zero-order valence-corrected chi connectivity index (χ0v) is 60.6. The van der Waals surface area contributed by atoms with Crippen LogP contribution < -0.4 is 41.5 Å². The topological polar surface area (TPSA) is 381 Å². The third-order valence-corrected chi connectivity index (χ3v) is 13.2. The van der Waals surface area contributed by atoms with Crippen LogP contribution in [0.15, 0.2) is 91.0 Å². The molecule has 0 unspecified atom stereocenters. The van der Waals surface area contributed by atoms with Gasteiger partial charge in [-0.05, 0) is 176 Å². The average Bonchev–Trinajstić information content (AvgIpc) is 0.911. The molecule has 0 fully saturated rings. The fourth-order valence-corrected chi connectivity index (χ4v) is 7.71. The molecule has 98 heavy (non-hydrogen) atoms. The number of halogens is 4. The van der Waals surface area contributed by atoms with Crippen molar-refractivity contribution in [1.29, 1.82) is 0 Å². The minimum absolute atomic E-state index is 0. The van der Waals surface area contributed by atoms with Crippen LogP contribution in [0.5, 0.6) is 28.7 Å². The summed E-state index contributed by atoms with van der Waals surface area (Å²) in [5.74, 6) is 9.43. The van der Waals surface area contributed by atoms with Crippen molar-refractivity contribution < 1.29 is 101 Å². The monoisotopic (exact) mass is 1450 g/mol. The lowest BCUT2D eigenvalue weighted by Gasteiger charge is -2.11. The van der Waals surface area contributed by atoms with Crippen LogP contribution in [0, 0.1) is 29.6 Å². The van der Waals surface area contributed by atoms with Crippen molar-refractivity contribution in [1.82, 2.24) is 10.9 Å². The van der Waals surface area contributed by atoms with E-state index in [1.54, 1.807) is 12.1 Å². The highest BCUT2D eigenvalue weighted by Gasteiger charge is 2.18. The number of aromatic carboxylic acids is 2. The fourth-order valence-electron chi connectivity index (χ4n) is 7.05. The molecule has 9 N–H and O–H groups in total. The maximum absolute atomic E-state index is 11.6. The molecule has 0 saturated carbocycles. The number of nitrogens with two attached hydrogens (primary N) is 2. The first-order valence-electron chi connectivity index (χ1n) is 30.3. The van der Waals surface area contributed by atoms with Crippen molar-refractivity contribution in [2.45, 2.75) is 101 Å². The number of methoxy groups -OCH3 is 4. The summed E-state index contributed by atoms with van der Waals surface area (Å²) in [7, 11) is 4.99. The van der Waals surface area contributed by atoms with E-state index >= 15 is 0 Å². The molecule has 0 heterocycles. The van der Waals surface area contributed by atoms with Crippen molar-refractivity contribution in [3.8, 4) is 28.7 Å². The maximum atomic E-state index is 11.6. The number of hydrogen-bond donors (Lipinski definition) is 7. The number of phenols is 1. The Morgan fingerprint density at radius 3 is 0.796 bits per heavy atom. The second-order valence-electron chi connectivity index (χ2n) is 22.8. The van der Waals surface area contributed by atoms with Gasteiger partial charge in [0.15, 0.2) is 0 Å². The number of carbonyl (C=O) groups is 10. The van der Waals surface area contributed by atoms with E-state index in [0.29, 0.717) is 67.3 Å². The number of aromatic hydroxyl groups is 1. The maximum Gasteiger partial charge on any atom is 0.338 e. The summed E-state index contributed by atoms with van der Waals surface area (Å²) in [6.45, 7) is 22.9. The summed E-state index contributed by atoms with van der Waals surface area (Å²) in [4.78, 5) is 113. The van der Waals surface area contributed by atoms with Gasteiger partial charge in [0.25, 0.3) is 22.3 Å². The Labute approximate surface area is 593 Å². The van der Waals surface area contributed by atoms with Gasteiger partial charge in [0, 0.05) is 28.1 Å². The Hall–Kier alpha value is -8.72. The van der Waals surface area contributed by atoms with E-state index in [1.165, 1.54) is 101 Å². The molecular formula is C69H92Cl4N4O21. The van der Waals surface area contributed by atoms with Crippen LogP contribution in [0.3, 0.4) is 0 Å². The second kappa shape index (κ2) is 49.7. The van der Waals surface area contributed by atoms with Crippen LogP contribution >= 0.6 is 47.2 Å². The van der Waals surface area contributed by atoms with Crippen molar-refractivity contribution in [2.75, 3.05) is 60.7 Å². The second-order valence-corrected chi connectivity index (χ2v) is 23.9. The SMILES string of the molecule is CC(C)CCCl.CC(C)CCOc1cc(C(=O)Cl)cc(C(=O)Cl)c1.CC(C)CCOc1cc(C(=O)NN)cc(C(=O)NN)c1.CC(C)CCOc1cc(C(=O)O)cc(C(=O)O)c1.COC(=O)c1cc(O)cc(C(=O)OC)c1.COC(=O)c1cc(OCCC(C)C)cc(C(=O)OC)c1.Cl. The molecule has 2 amide bonds. The number of phenolic OH excluding ortho intramolecular Hbond substituents is 1. The van der Waals surface area contributed by atoms with Gasteiger partial charge < -0.3 is 53.2 Å². The van der Waals surface area contributed by atoms with Crippen LogP contribution in [0.1, 0.15) is 205 Å². The molecular weight excluding hydrogens is 1360 g/mol. The van der Waals surface area contributed by atoms with E-state index in [0.717, 1.165) is 50.0 Å². The fraction of sp³-hybridized carbons (Fsp3) is 0.420. The van der Waals surface area contributed by atoms with Crippen molar-refractivity contribution in [3.63, 3.8) is 0 Å². The van der Waals surface area contributed by atoms with E-state index in [9.17, 15) is 53.1 Å². The number of ether oxygens (including phenoxy) is 8. The number of carboxylic acids is 2. The van der Waals surface area contributed by atoms with E-state index in [4.69, 9.17) is 75.6 Å². The smallest absolute Gasteiger partial charge is 0.338 e. The Morgan fingerprint density at radius 2 is 0.582 bits per heavy atom. The van der Waals surface area contributed by atoms with Crippen LogP contribution in [-0.2, 0) is 18.9 Å². The number of nitrogen functional groups attached to an aromatic ring is 2. The van der Waals surface area contributed by atoms with Gasteiger partial charge in [0.2, 0.25) is 0 Å². The zero-order valence-electron chi connectivity index (χ0n) is 57.5.